The highest BCUT2D eigenvalue weighted by Crippen LogP contribution is 2.36. The number of carbonyl (C=O) groups is 3. The number of ketones is 2. The first kappa shape index (κ1) is 28.6. The van der Waals surface area contributed by atoms with Crippen LogP contribution in [0.15, 0.2) is 23.8 Å². The number of phenols is 2. The molecule has 0 aromatic heterocycles. The maximum absolute atomic E-state index is 13.2. The maximum Gasteiger partial charge on any atom is 0.306 e. The monoisotopic (exact) mass is 486 g/mol. The highest BCUT2D eigenvalue weighted by atomic mass is 16.5. The molecule has 0 saturated heterocycles. The van der Waals surface area contributed by atoms with E-state index in [9.17, 15) is 24.6 Å². The Morgan fingerprint density at radius 3 is 1.89 bits per heavy atom. The minimum absolute atomic E-state index is 0.0724. The lowest BCUT2D eigenvalue weighted by molar-refractivity contribution is -0.147. The molecule has 1 aromatic carbocycles. The summed E-state index contributed by atoms with van der Waals surface area (Å²) in [6.45, 7) is 4.27. The van der Waals surface area contributed by atoms with Crippen molar-refractivity contribution in [1.82, 2.24) is 0 Å². The molecule has 0 bridgehead atoms. The van der Waals surface area contributed by atoms with Crippen molar-refractivity contribution in [3.63, 3.8) is 0 Å². The van der Waals surface area contributed by atoms with Crippen LogP contribution in [-0.2, 0) is 9.53 Å². The van der Waals surface area contributed by atoms with Crippen molar-refractivity contribution in [2.45, 2.75) is 116 Å². The van der Waals surface area contributed by atoms with Crippen molar-refractivity contribution in [2.75, 3.05) is 0 Å². The zero-order valence-corrected chi connectivity index (χ0v) is 21.4. The molecule has 6 heteroatoms. The number of ether oxygens (including phenoxy) is 1. The molecule has 6 nitrogen and oxygen atoms in total. The van der Waals surface area contributed by atoms with E-state index in [1.54, 1.807) is 0 Å². The molecule has 1 unspecified atom stereocenters. The summed E-state index contributed by atoms with van der Waals surface area (Å²) in [6.07, 6.45) is 15.2. The highest BCUT2D eigenvalue weighted by Gasteiger charge is 2.35. The Bertz CT molecular complexity index is 885. The van der Waals surface area contributed by atoms with Crippen molar-refractivity contribution in [2.24, 2.45) is 0 Å². The second-order valence-electron chi connectivity index (χ2n) is 9.55. The van der Waals surface area contributed by atoms with Gasteiger partial charge in [0.2, 0.25) is 0 Å². The van der Waals surface area contributed by atoms with Crippen LogP contribution in [0.3, 0.4) is 0 Å². The van der Waals surface area contributed by atoms with Crippen molar-refractivity contribution < 1.29 is 29.3 Å². The topological polar surface area (TPSA) is 101 Å². The van der Waals surface area contributed by atoms with Crippen LogP contribution in [0.25, 0.3) is 0 Å². The first-order valence-corrected chi connectivity index (χ1v) is 13.5. The highest BCUT2D eigenvalue weighted by molar-refractivity contribution is 6.27. The smallest absolute Gasteiger partial charge is 0.306 e. The van der Waals surface area contributed by atoms with Gasteiger partial charge in [-0.2, -0.15) is 0 Å². The zero-order valence-electron chi connectivity index (χ0n) is 21.4. The Kier molecular flexibility index (Phi) is 12.6. The number of carbonyl (C=O) groups excluding carboxylic acids is 3. The third-order valence-corrected chi connectivity index (χ3v) is 6.61. The number of rotatable bonds is 17. The largest absolute Gasteiger partial charge is 0.507 e. The second kappa shape index (κ2) is 15.4. The molecule has 0 amide bonds. The van der Waals surface area contributed by atoms with Gasteiger partial charge in [-0.1, -0.05) is 84.5 Å². The van der Waals surface area contributed by atoms with Gasteiger partial charge in [-0.25, -0.2) is 0 Å². The van der Waals surface area contributed by atoms with Gasteiger partial charge in [-0.05, 0) is 37.5 Å². The number of allylic oxidation sites excluding steroid dienone is 1. The van der Waals surface area contributed by atoms with Crippen molar-refractivity contribution in [3.8, 4) is 11.5 Å². The van der Waals surface area contributed by atoms with E-state index in [-0.39, 0.29) is 40.6 Å². The number of fused-ring (bicyclic) bond motifs is 1. The van der Waals surface area contributed by atoms with Crippen LogP contribution >= 0.6 is 0 Å². The molecule has 0 radical (unpaired) electrons. The second-order valence-corrected chi connectivity index (χ2v) is 9.55. The molecule has 0 heterocycles. The minimum atomic E-state index is -0.843. The molecule has 1 atom stereocenters. The van der Waals surface area contributed by atoms with Crippen molar-refractivity contribution >= 4 is 17.5 Å². The van der Waals surface area contributed by atoms with Crippen LogP contribution in [0.4, 0.5) is 0 Å². The third-order valence-electron chi connectivity index (χ3n) is 6.61. The Balaban J connectivity index is 2.01. The van der Waals surface area contributed by atoms with Gasteiger partial charge in [-0.15, -0.1) is 0 Å². The fraction of sp³-hybridized carbons (Fsp3) is 0.621. The molecule has 0 saturated carbocycles. The molecule has 0 fully saturated rings. The summed E-state index contributed by atoms with van der Waals surface area (Å²) < 4.78 is 5.70. The molecule has 2 rings (SSSR count). The molecule has 0 spiro atoms. The average Bonchev–Trinajstić information content (AvgIpc) is 2.83. The Hall–Kier alpha value is -2.63. The van der Waals surface area contributed by atoms with Crippen molar-refractivity contribution in [1.29, 1.82) is 0 Å². The molecule has 1 aliphatic carbocycles. The summed E-state index contributed by atoms with van der Waals surface area (Å²) in [5.74, 6) is -2.25. The summed E-state index contributed by atoms with van der Waals surface area (Å²) in [5.41, 5.74) is -0.350. The summed E-state index contributed by atoms with van der Waals surface area (Å²) >= 11 is 0. The van der Waals surface area contributed by atoms with Crippen LogP contribution in [0.2, 0.25) is 0 Å². The van der Waals surface area contributed by atoms with Crippen LogP contribution < -0.4 is 0 Å². The number of Topliss-reactive ketones (excluding diaryl/α,β-unsaturated/α-hetero) is 1. The van der Waals surface area contributed by atoms with E-state index in [1.165, 1.54) is 50.7 Å². The number of esters is 1. The van der Waals surface area contributed by atoms with E-state index in [0.717, 1.165) is 44.6 Å². The van der Waals surface area contributed by atoms with Crippen molar-refractivity contribution in [3.05, 3.63) is 34.9 Å². The van der Waals surface area contributed by atoms with Crippen LogP contribution in [0, 0.1) is 0 Å². The van der Waals surface area contributed by atoms with Gasteiger partial charge in [0, 0.05) is 12.0 Å². The van der Waals surface area contributed by atoms with Gasteiger partial charge in [0.1, 0.15) is 17.6 Å². The van der Waals surface area contributed by atoms with E-state index in [4.69, 9.17) is 4.74 Å². The van der Waals surface area contributed by atoms with Crippen LogP contribution in [0.1, 0.15) is 131 Å². The predicted octanol–water partition coefficient (Wildman–Crippen LogP) is 7.21. The number of hydrogen-bond donors (Lipinski definition) is 2. The van der Waals surface area contributed by atoms with Crippen LogP contribution in [0.5, 0.6) is 11.5 Å². The standard InChI is InChI=1S/C29H42O6/c1-3-5-7-8-9-10-11-12-13-15-16-25(35-26(33)17-14-6-4-2)21-20-24(32)27-22(30)18-19-23(31)28(27)29(21)34/h18-20,25,30-31H,3-17H2,1-2H3. The lowest BCUT2D eigenvalue weighted by Gasteiger charge is -2.24. The normalized spacial score (nSPS) is 13.9. The summed E-state index contributed by atoms with van der Waals surface area (Å²) in [4.78, 5) is 38.4. The van der Waals surface area contributed by atoms with Gasteiger partial charge >= 0.3 is 5.97 Å². The summed E-state index contributed by atoms with van der Waals surface area (Å²) in [7, 11) is 0. The first-order valence-electron chi connectivity index (χ1n) is 13.5. The first-order chi connectivity index (χ1) is 16.9. The Labute approximate surface area is 209 Å². The Morgan fingerprint density at radius 1 is 0.771 bits per heavy atom. The van der Waals surface area contributed by atoms with E-state index < -0.39 is 17.7 Å². The lowest BCUT2D eigenvalue weighted by Crippen LogP contribution is -2.29. The summed E-state index contributed by atoms with van der Waals surface area (Å²) in [6, 6.07) is 2.38. The van der Waals surface area contributed by atoms with E-state index >= 15 is 0 Å². The average molecular weight is 487 g/mol. The molecule has 1 aliphatic rings. The fourth-order valence-electron chi connectivity index (χ4n) is 4.55. The van der Waals surface area contributed by atoms with Gasteiger partial charge in [0.05, 0.1) is 11.1 Å². The molecule has 2 N–H and O–H groups in total. The predicted molar refractivity (Wildman–Crippen MR) is 137 cm³/mol. The Morgan fingerprint density at radius 2 is 1.29 bits per heavy atom. The number of hydrogen-bond acceptors (Lipinski definition) is 6. The number of aromatic hydroxyl groups is 2. The SMILES string of the molecule is CCCCCCCCCCCCC(OC(=O)CCCCC)C1=CC(=O)c2c(O)ccc(O)c2C1=O. The fourth-order valence-corrected chi connectivity index (χ4v) is 4.55. The van der Waals surface area contributed by atoms with E-state index in [1.807, 2.05) is 0 Å². The number of benzene rings is 1. The quantitative estimate of drug-likeness (QED) is 0.137. The third kappa shape index (κ3) is 8.83. The minimum Gasteiger partial charge on any atom is -0.507 e. The van der Waals surface area contributed by atoms with Gasteiger partial charge < -0.3 is 14.9 Å². The van der Waals surface area contributed by atoms with Crippen LogP contribution in [-0.4, -0.2) is 33.9 Å². The molecular formula is C29H42O6. The molecule has 0 aliphatic heterocycles. The van der Waals surface area contributed by atoms with Gasteiger partial charge in [-0.3, -0.25) is 14.4 Å². The number of phenolic OH excluding ortho intramolecular Hbond substituents is 2. The zero-order chi connectivity index (χ0) is 25.6. The van der Waals surface area contributed by atoms with Gasteiger partial charge in [0.25, 0.3) is 0 Å². The molecule has 1 aromatic rings. The molecular weight excluding hydrogens is 444 g/mol. The van der Waals surface area contributed by atoms with E-state index in [0.29, 0.717) is 12.8 Å². The number of unbranched alkanes of at least 4 members (excludes halogenated alkanes) is 11. The van der Waals surface area contributed by atoms with Gasteiger partial charge in [0.15, 0.2) is 11.6 Å². The molecule has 35 heavy (non-hydrogen) atoms. The summed E-state index contributed by atoms with van der Waals surface area (Å²) in [5, 5.41) is 20.3. The molecule has 194 valence electrons. The lowest BCUT2D eigenvalue weighted by atomic mass is 9.84. The maximum atomic E-state index is 13.2. The van der Waals surface area contributed by atoms with E-state index in [2.05, 4.69) is 13.8 Å².